The maximum absolute atomic E-state index is 9.06. The van der Waals surface area contributed by atoms with Crippen molar-refractivity contribution in [3.05, 3.63) is 29.8 Å². The Morgan fingerprint density at radius 3 is 2.61 bits per heavy atom. The highest BCUT2D eigenvalue weighted by molar-refractivity contribution is 5.32. The molecular weight excluding hydrogens is 226 g/mol. The third kappa shape index (κ3) is 4.67. The summed E-state index contributed by atoms with van der Waals surface area (Å²) < 4.78 is 5.72. The predicted molar refractivity (Wildman–Crippen MR) is 75.2 cm³/mol. The summed E-state index contributed by atoms with van der Waals surface area (Å²) in [6.07, 6.45) is 0.798. The van der Waals surface area contributed by atoms with Crippen LogP contribution in [-0.4, -0.2) is 31.4 Å². The third-order valence-electron chi connectivity index (χ3n) is 3.06. The lowest BCUT2D eigenvalue weighted by molar-refractivity contribution is 0.214. The smallest absolute Gasteiger partial charge is 0.119 e. The summed E-state index contributed by atoms with van der Waals surface area (Å²) in [5.74, 6) is 0.898. The first-order valence-corrected chi connectivity index (χ1v) is 6.49. The Labute approximate surface area is 110 Å². The van der Waals surface area contributed by atoms with Crippen LogP contribution in [-0.2, 0) is 5.41 Å². The summed E-state index contributed by atoms with van der Waals surface area (Å²) >= 11 is 0. The molecule has 0 amide bonds. The van der Waals surface area contributed by atoms with Crippen LogP contribution in [0.3, 0.4) is 0 Å². The van der Waals surface area contributed by atoms with Gasteiger partial charge in [0.05, 0.1) is 13.2 Å². The molecule has 0 saturated heterocycles. The van der Waals surface area contributed by atoms with Crippen LogP contribution in [0.4, 0.5) is 0 Å². The van der Waals surface area contributed by atoms with E-state index in [1.165, 1.54) is 5.56 Å². The fourth-order valence-electron chi connectivity index (χ4n) is 1.70. The molecule has 1 aromatic rings. The van der Waals surface area contributed by atoms with Crippen molar-refractivity contribution in [3.63, 3.8) is 0 Å². The van der Waals surface area contributed by atoms with Crippen molar-refractivity contribution in [3.8, 4) is 5.75 Å². The van der Waals surface area contributed by atoms with Gasteiger partial charge in [0.25, 0.3) is 0 Å². The first-order chi connectivity index (χ1) is 8.47. The van der Waals surface area contributed by atoms with Gasteiger partial charge in [-0.15, -0.1) is 0 Å². The molecule has 102 valence electrons. The average Bonchev–Trinajstić information content (AvgIpc) is 2.34. The zero-order chi connectivity index (χ0) is 13.6. The molecule has 1 rings (SSSR count). The Kier molecular flexibility index (Phi) is 5.63. The minimum Gasteiger partial charge on any atom is -0.494 e. The molecule has 1 unspecified atom stereocenters. The predicted octanol–water partition coefficient (Wildman–Crippen LogP) is 2.33. The highest BCUT2D eigenvalue weighted by Gasteiger charge is 2.14. The monoisotopic (exact) mass is 251 g/mol. The lowest BCUT2D eigenvalue weighted by Crippen LogP contribution is -2.30. The average molecular weight is 251 g/mol. The van der Waals surface area contributed by atoms with E-state index in [2.05, 4.69) is 38.2 Å². The van der Waals surface area contributed by atoms with Crippen LogP contribution in [0.15, 0.2) is 24.3 Å². The quantitative estimate of drug-likeness (QED) is 0.815. The van der Waals surface area contributed by atoms with Gasteiger partial charge in [-0.3, -0.25) is 0 Å². The van der Waals surface area contributed by atoms with Gasteiger partial charge in [0.1, 0.15) is 5.75 Å². The molecule has 0 radical (unpaired) electrons. The molecule has 0 aromatic heterocycles. The SMILES string of the molecule is CNC(CO)CCOc1cccc(C(C)(C)C)c1. The second-order valence-corrected chi connectivity index (χ2v) is 5.58. The number of aliphatic hydroxyl groups excluding tert-OH is 1. The van der Waals surface area contributed by atoms with Crippen molar-refractivity contribution >= 4 is 0 Å². The molecule has 2 N–H and O–H groups in total. The number of nitrogens with one attached hydrogen (secondary N) is 1. The Bertz CT molecular complexity index is 354. The molecule has 18 heavy (non-hydrogen) atoms. The van der Waals surface area contributed by atoms with E-state index in [1.807, 2.05) is 19.2 Å². The van der Waals surface area contributed by atoms with Gasteiger partial charge >= 0.3 is 0 Å². The van der Waals surface area contributed by atoms with Gasteiger partial charge in [-0.1, -0.05) is 32.9 Å². The number of ether oxygens (including phenoxy) is 1. The summed E-state index contributed by atoms with van der Waals surface area (Å²) in [6.45, 7) is 7.32. The molecule has 0 aliphatic heterocycles. The molecule has 0 spiro atoms. The number of rotatable bonds is 6. The lowest BCUT2D eigenvalue weighted by atomic mass is 9.87. The maximum Gasteiger partial charge on any atom is 0.119 e. The highest BCUT2D eigenvalue weighted by atomic mass is 16.5. The normalized spacial score (nSPS) is 13.4. The van der Waals surface area contributed by atoms with Crippen LogP contribution in [0.1, 0.15) is 32.8 Å². The van der Waals surface area contributed by atoms with Gasteiger partial charge in [0.2, 0.25) is 0 Å². The van der Waals surface area contributed by atoms with Crippen LogP contribution in [0, 0.1) is 0 Å². The Morgan fingerprint density at radius 2 is 2.06 bits per heavy atom. The summed E-state index contributed by atoms with van der Waals surface area (Å²) in [6, 6.07) is 8.32. The summed E-state index contributed by atoms with van der Waals surface area (Å²) in [4.78, 5) is 0. The highest BCUT2D eigenvalue weighted by Crippen LogP contribution is 2.25. The number of hydrogen-bond acceptors (Lipinski definition) is 3. The van der Waals surface area contributed by atoms with E-state index in [-0.39, 0.29) is 18.1 Å². The topological polar surface area (TPSA) is 41.5 Å². The summed E-state index contributed by atoms with van der Waals surface area (Å²) in [5, 5.41) is 12.1. The fourth-order valence-corrected chi connectivity index (χ4v) is 1.70. The molecule has 0 saturated carbocycles. The van der Waals surface area contributed by atoms with Crippen LogP contribution >= 0.6 is 0 Å². The second kappa shape index (κ2) is 6.76. The van der Waals surface area contributed by atoms with E-state index in [9.17, 15) is 0 Å². The van der Waals surface area contributed by atoms with Crippen molar-refractivity contribution in [2.45, 2.75) is 38.6 Å². The van der Waals surface area contributed by atoms with Gasteiger partial charge in [0, 0.05) is 6.04 Å². The first kappa shape index (κ1) is 15.0. The zero-order valence-electron chi connectivity index (χ0n) is 11.9. The molecule has 1 aromatic carbocycles. The Balaban J connectivity index is 2.53. The Morgan fingerprint density at radius 1 is 1.33 bits per heavy atom. The van der Waals surface area contributed by atoms with Crippen molar-refractivity contribution in [2.24, 2.45) is 0 Å². The van der Waals surface area contributed by atoms with Crippen molar-refractivity contribution in [1.29, 1.82) is 0 Å². The van der Waals surface area contributed by atoms with E-state index >= 15 is 0 Å². The Hall–Kier alpha value is -1.06. The number of aliphatic hydroxyl groups is 1. The van der Waals surface area contributed by atoms with Crippen molar-refractivity contribution in [1.82, 2.24) is 5.32 Å². The summed E-state index contributed by atoms with van der Waals surface area (Å²) in [7, 11) is 1.85. The second-order valence-electron chi connectivity index (χ2n) is 5.58. The lowest BCUT2D eigenvalue weighted by Gasteiger charge is -2.20. The van der Waals surface area contributed by atoms with Crippen molar-refractivity contribution in [2.75, 3.05) is 20.3 Å². The van der Waals surface area contributed by atoms with E-state index in [0.717, 1.165) is 12.2 Å². The molecule has 3 heteroatoms. The van der Waals surface area contributed by atoms with E-state index in [4.69, 9.17) is 9.84 Å². The molecule has 0 heterocycles. The molecule has 3 nitrogen and oxygen atoms in total. The van der Waals surface area contributed by atoms with Crippen LogP contribution < -0.4 is 10.1 Å². The zero-order valence-corrected chi connectivity index (χ0v) is 11.9. The number of benzene rings is 1. The molecular formula is C15H25NO2. The largest absolute Gasteiger partial charge is 0.494 e. The molecule has 0 fully saturated rings. The van der Waals surface area contributed by atoms with Gasteiger partial charge in [-0.05, 0) is 36.6 Å². The molecule has 0 aliphatic carbocycles. The van der Waals surface area contributed by atoms with Gasteiger partial charge < -0.3 is 15.2 Å². The summed E-state index contributed by atoms with van der Waals surface area (Å²) in [5.41, 5.74) is 1.41. The maximum atomic E-state index is 9.06. The standard InChI is InChI=1S/C15H25NO2/c1-15(2,3)12-6-5-7-14(10-12)18-9-8-13(11-17)16-4/h5-7,10,13,16-17H,8-9,11H2,1-4H3. The minimum absolute atomic E-state index is 0.107. The van der Waals surface area contributed by atoms with E-state index in [0.29, 0.717) is 6.61 Å². The molecule has 1 atom stereocenters. The van der Waals surface area contributed by atoms with E-state index in [1.54, 1.807) is 0 Å². The van der Waals surface area contributed by atoms with Crippen LogP contribution in [0.5, 0.6) is 5.75 Å². The third-order valence-corrected chi connectivity index (χ3v) is 3.06. The van der Waals surface area contributed by atoms with Gasteiger partial charge in [0.15, 0.2) is 0 Å². The van der Waals surface area contributed by atoms with Crippen molar-refractivity contribution < 1.29 is 9.84 Å². The van der Waals surface area contributed by atoms with Crippen LogP contribution in [0.25, 0.3) is 0 Å². The van der Waals surface area contributed by atoms with E-state index < -0.39 is 0 Å². The number of likely N-dealkylation sites (N-methyl/N-ethyl adjacent to an activating group) is 1. The van der Waals surface area contributed by atoms with Gasteiger partial charge in [-0.25, -0.2) is 0 Å². The first-order valence-electron chi connectivity index (χ1n) is 6.49. The minimum atomic E-state index is 0.107. The van der Waals surface area contributed by atoms with Gasteiger partial charge in [-0.2, -0.15) is 0 Å². The molecule has 0 aliphatic rings. The van der Waals surface area contributed by atoms with Crippen LogP contribution in [0.2, 0.25) is 0 Å². The fraction of sp³-hybridized carbons (Fsp3) is 0.600. The molecule has 0 bridgehead atoms. The number of hydrogen-bond donors (Lipinski definition) is 2.